The molecule has 0 spiro atoms. The van der Waals surface area contributed by atoms with Gasteiger partial charge in [0.05, 0.1) is 12.7 Å². The normalized spacial score (nSPS) is 14.9. The third-order valence-electron chi connectivity index (χ3n) is 5.12. The number of piperidine rings is 1. The highest BCUT2D eigenvalue weighted by molar-refractivity contribution is 5.91. The Morgan fingerprint density at radius 1 is 1.28 bits per heavy atom. The third-order valence-corrected chi connectivity index (χ3v) is 5.12. The number of benzene rings is 1. The number of nitrogens with one attached hydrogen (secondary N) is 2. The van der Waals surface area contributed by atoms with E-state index in [1.807, 2.05) is 6.92 Å². The fourth-order valence-electron chi connectivity index (χ4n) is 3.42. The van der Waals surface area contributed by atoms with Crippen LogP contribution in [0.4, 0.5) is 4.39 Å². The van der Waals surface area contributed by atoms with Crippen molar-refractivity contribution in [2.24, 2.45) is 0 Å². The number of rotatable bonds is 9. The number of likely N-dealkylation sites (tertiary alicyclic amines) is 1. The van der Waals surface area contributed by atoms with Crippen LogP contribution in [0.15, 0.2) is 48.8 Å². The van der Waals surface area contributed by atoms with E-state index in [-0.39, 0.29) is 23.6 Å². The molecular formula is C24H29FN4O3. The maximum Gasteiger partial charge on any atom is 0.244 e. The Morgan fingerprint density at radius 3 is 2.78 bits per heavy atom. The van der Waals surface area contributed by atoms with Gasteiger partial charge in [-0.05, 0) is 55.2 Å². The highest BCUT2D eigenvalue weighted by atomic mass is 19.1. The van der Waals surface area contributed by atoms with Crippen molar-refractivity contribution in [3.8, 4) is 11.5 Å². The van der Waals surface area contributed by atoms with E-state index in [2.05, 4.69) is 20.5 Å². The molecule has 0 radical (unpaired) electrons. The molecule has 1 aromatic carbocycles. The number of halogens is 1. The molecule has 0 atom stereocenters. The number of nitrogens with zero attached hydrogens (tertiary/aromatic N) is 2. The van der Waals surface area contributed by atoms with E-state index in [1.165, 1.54) is 24.4 Å². The van der Waals surface area contributed by atoms with Crippen molar-refractivity contribution in [2.75, 3.05) is 26.2 Å². The summed E-state index contributed by atoms with van der Waals surface area (Å²) in [5.74, 6) is -0.162. The number of aromatic nitrogens is 1. The molecule has 2 heterocycles. The molecule has 0 bridgehead atoms. The number of carbonyl (C=O) groups is 2. The Morgan fingerprint density at radius 2 is 2.09 bits per heavy atom. The van der Waals surface area contributed by atoms with Crippen molar-refractivity contribution >= 4 is 17.9 Å². The molecule has 3 rings (SSSR count). The number of hydrogen-bond acceptors (Lipinski definition) is 5. The molecule has 2 amide bonds. The third kappa shape index (κ3) is 7.46. The van der Waals surface area contributed by atoms with Crippen LogP contribution >= 0.6 is 0 Å². The maximum absolute atomic E-state index is 14.3. The van der Waals surface area contributed by atoms with Crippen LogP contribution in [0.5, 0.6) is 11.5 Å². The molecule has 1 aromatic heterocycles. The lowest BCUT2D eigenvalue weighted by Gasteiger charge is -2.31. The molecule has 0 aliphatic carbocycles. The van der Waals surface area contributed by atoms with Gasteiger partial charge in [-0.15, -0.1) is 0 Å². The van der Waals surface area contributed by atoms with Crippen LogP contribution in [0.25, 0.3) is 6.08 Å². The zero-order valence-electron chi connectivity index (χ0n) is 18.2. The Labute approximate surface area is 187 Å². The summed E-state index contributed by atoms with van der Waals surface area (Å²) in [4.78, 5) is 30.1. The number of hydrogen-bond donors (Lipinski definition) is 2. The van der Waals surface area contributed by atoms with E-state index in [0.717, 1.165) is 32.4 Å². The fraction of sp³-hybridized carbons (Fsp3) is 0.375. The fourth-order valence-corrected chi connectivity index (χ4v) is 3.42. The lowest BCUT2D eigenvalue weighted by atomic mass is 10.0. The number of carbonyl (C=O) groups excluding carboxylic acids is 2. The molecule has 0 saturated carbocycles. The SMILES string of the molecule is CCCNC(=O)CN1CCC(NC(=O)/C=C/c2ccc(Oc3cccnc3)c(F)c2)CC1. The minimum atomic E-state index is -0.522. The van der Waals surface area contributed by atoms with Gasteiger partial charge >= 0.3 is 0 Å². The van der Waals surface area contributed by atoms with Crippen molar-refractivity contribution in [1.29, 1.82) is 0 Å². The molecule has 1 saturated heterocycles. The van der Waals surface area contributed by atoms with Crippen LogP contribution in [-0.2, 0) is 9.59 Å². The molecule has 1 aliphatic heterocycles. The van der Waals surface area contributed by atoms with Gasteiger partial charge in [0.15, 0.2) is 11.6 Å². The van der Waals surface area contributed by atoms with Gasteiger partial charge in [-0.25, -0.2) is 4.39 Å². The van der Waals surface area contributed by atoms with E-state index < -0.39 is 5.82 Å². The van der Waals surface area contributed by atoms with E-state index >= 15 is 0 Å². The van der Waals surface area contributed by atoms with Gasteiger partial charge in [-0.2, -0.15) is 0 Å². The van der Waals surface area contributed by atoms with E-state index in [1.54, 1.807) is 30.5 Å². The van der Waals surface area contributed by atoms with Gasteiger partial charge in [0.1, 0.15) is 5.75 Å². The van der Waals surface area contributed by atoms with Crippen molar-refractivity contribution < 1.29 is 18.7 Å². The zero-order chi connectivity index (χ0) is 22.8. The summed E-state index contributed by atoms with van der Waals surface area (Å²) in [7, 11) is 0. The number of ether oxygens (including phenoxy) is 1. The lowest BCUT2D eigenvalue weighted by molar-refractivity contribution is -0.123. The van der Waals surface area contributed by atoms with Gasteiger partial charge in [0.2, 0.25) is 11.8 Å². The summed E-state index contributed by atoms with van der Waals surface area (Å²) < 4.78 is 19.8. The Hall–Kier alpha value is -3.26. The largest absolute Gasteiger partial charge is 0.453 e. The average Bonchev–Trinajstić information content (AvgIpc) is 2.80. The van der Waals surface area contributed by atoms with Crippen LogP contribution in [0, 0.1) is 5.82 Å². The highest BCUT2D eigenvalue weighted by Crippen LogP contribution is 2.24. The molecule has 2 aromatic rings. The summed E-state index contributed by atoms with van der Waals surface area (Å²) in [5.41, 5.74) is 0.559. The lowest BCUT2D eigenvalue weighted by Crippen LogP contribution is -2.47. The second kappa shape index (κ2) is 12.0. The Balaban J connectivity index is 1.43. The predicted molar refractivity (Wildman–Crippen MR) is 121 cm³/mol. The molecule has 1 aliphatic rings. The average molecular weight is 441 g/mol. The second-order valence-corrected chi connectivity index (χ2v) is 7.72. The van der Waals surface area contributed by atoms with Crippen LogP contribution in [0.3, 0.4) is 0 Å². The van der Waals surface area contributed by atoms with E-state index in [9.17, 15) is 14.0 Å². The molecule has 1 fully saturated rings. The summed E-state index contributed by atoms with van der Waals surface area (Å²) in [5, 5.41) is 5.86. The number of amides is 2. The summed E-state index contributed by atoms with van der Waals surface area (Å²) >= 11 is 0. The van der Waals surface area contributed by atoms with Crippen molar-refractivity contribution in [3.05, 3.63) is 60.2 Å². The summed E-state index contributed by atoms with van der Waals surface area (Å²) in [6.45, 7) is 4.64. The predicted octanol–water partition coefficient (Wildman–Crippen LogP) is 3.13. The summed E-state index contributed by atoms with van der Waals surface area (Å²) in [6.07, 6.45) is 8.58. The van der Waals surface area contributed by atoms with Crippen LogP contribution < -0.4 is 15.4 Å². The Kier molecular flexibility index (Phi) is 8.74. The van der Waals surface area contributed by atoms with Crippen LogP contribution in [0.1, 0.15) is 31.7 Å². The molecule has 32 heavy (non-hydrogen) atoms. The first kappa shape index (κ1) is 23.4. The highest BCUT2D eigenvalue weighted by Gasteiger charge is 2.21. The topological polar surface area (TPSA) is 83.6 Å². The first-order chi connectivity index (χ1) is 15.5. The van der Waals surface area contributed by atoms with Gasteiger partial charge in [0.25, 0.3) is 0 Å². The Bertz CT molecular complexity index is 928. The molecule has 0 unspecified atom stereocenters. The monoisotopic (exact) mass is 440 g/mol. The maximum atomic E-state index is 14.3. The first-order valence-corrected chi connectivity index (χ1v) is 10.9. The minimum absolute atomic E-state index is 0.0429. The van der Waals surface area contributed by atoms with E-state index in [0.29, 0.717) is 24.4 Å². The quantitative estimate of drug-likeness (QED) is 0.586. The van der Waals surface area contributed by atoms with Gasteiger partial charge in [-0.3, -0.25) is 19.5 Å². The molecular weight excluding hydrogens is 411 g/mol. The molecule has 170 valence electrons. The zero-order valence-corrected chi connectivity index (χ0v) is 18.2. The van der Waals surface area contributed by atoms with Crippen LogP contribution in [0.2, 0.25) is 0 Å². The second-order valence-electron chi connectivity index (χ2n) is 7.72. The molecule has 7 nitrogen and oxygen atoms in total. The smallest absolute Gasteiger partial charge is 0.244 e. The van der Waals surface area contributed by atoms with Crippen molar-refractivity contribution in [3.63, 3.8) is 0 Å². The number of pyridine rings is 1. The standard InChI is InChI=1S/C24H29FN4O3/c1-2-11-27-24(31)17-29-13-9-19(10-14-29)28-23(30)8-6-18-5-7-22(21(25)15-18)32-20-4-3-12-26-16-20/h3-8,12,15-16,19H,2,9-11,13-14,17H2,1H3,(H,27,31)(H,28,30)/b8-6+. The van der Waals surface area contributed by atoms with Gasteiger partial charge in [0, 0.05) is 37.9 Å². The van der Waals surface area contributed by atoms with Gasteiger partial charge < -0.3 is 15.4 Å². The molecule has 8 heteroatoms. The van der Waals surface area contributed by atoms with Gasteiger partial charge in [-0.1, -0.05) is 13.0 Å². The first-order valence-electron chi connectivity index (χ1n) is 10.9. The summed E-state index contributed by atoms with van der Waals surface area (Å²) in [6, 6.07) is 7.98. The minimum Gasteiger partial charge on any atom is -0.453 e. The van der Waals surface area contributed by atoms with Crippen molar-refractivity contribution in [1.82, 2.24) is 20.5 Å². The van der Waals surface area contributed by atoms with Crippen LogP contribution in [-0.4, -0.2) is 53.9 Å². The van der Waals surface area contributed by atoms with Crippen molar-refractivity contribution in [2.45, 2.75) is 32.2 Å². The molecule has 2 N–H and O–H groups in total. The van der Waals surface area contributed by atoms with E-state index in [4.69, 9.17) is 4.74 Å².